The molecule has 0 bridgehead atoms. The van der Waals surface area contributed by atoms with E-state index in [4.69, 9.17) is 9.47 Å². The number of carbonyl (C=O) groups excluding carboxylic acids is 1. The topological polar surface area (TPSA) is 64.4 Å². The minimum absolute atomic E-state index is 0.132. The third-order valence-electron chi connectivity index (χ3n) is 4.23. The van der Waals surface area contributed by atoms with Gasteiger partial charge in [-0.15, -0.1) is 0 Å². The van der Waals surface area contributed by atoms with Crippen molar-refractivity contribution in [2.75, 3.05) is 32.8 Å². The Labute approximate surface area is 157 Å². The number of hydrogen-bond acceptors (Lipinski definition) is 4. The van der Waals surface area contributed by atoms with Crippen molar-refractivity contribution in [3.8, 4) is 5.75 Å². The molecule has 0 aliphatic carbocycles. The Morgan fingerprint density at radius 3 is 2.70 bits per heavy atom. The second-order valence-electron chi connectivity index (χ2n) is 6.29. The first-order chi connectivity index (χ1) is 13.2. The molecular formula is C20H23FN3O3+. The van der Waals surface area contributed by atoms with E-state index in [2.05, 4.69) is 10.5 Å². The van der Waals surface area contributed by atoms with Gasteiger partial charge in [-0.25, -0.2) is 9.82 Å². The zero-order valence-corrected chi connectivity index (χ0v) is 15.0. The summed E-state index contributed by atoms with van der Waals surface area (Å²) in [5, 5.41) is 4.04. The van der Waals surface area contributed by atoms with Crippen LogP contribution in [0.25, 0.3) is 0 Å². The molecule has 6 nitrogen and oxygen atoms in total. The van der Waals surface area contributed by atoms with E-state index in [1.165, 1.54) is 17.0 Å². The van der Waals surface area contributed by atoms with Crippen LogP contribution < -0.4 is 15.1 Å². The molecule has 0 aromatic heterocycles. The molecule has 2 N–H and O–H groups in total. The molecule has 142 valence electrons. The second-order valence-corrected chi connectivity index (χ2v) is 6.29. The highest BCUT2D eigenvalue weighted by atomic mass is 19.1. The smallest absolute Gasteiger partial charge is 0.295 e. The van der Waals surface area contributed by atoms with E-state index in [1.54, 1.807) is 18.3 Å². The number of ether oxygens (including phenoxy) is 2. The van der Waals surface area contributed by atoms with Crippen LogP contribution in [-0.2, 0) is 16.1 Å². The lowest BCUT2D eigenvalue weighted by Crippen LogP contribution is -3.15. The third kappa shape index (κ3) is 6.16. The molecule has 1 aliphatic rings. The van der Waals surface area contributed by atoms with Crippen LogP contribution in [0.5, 0.6) is 5.75 Å². The van der Waals surface area contributed by atoms with Crippen LogP contribution in [-0.4, -0.2) is 45.0 Å². The molecule has 1 aliphatic heterocycles. The van der Waals surface area contributed by atoms with Gasteiger partial charge in [0.15, 0.2) is 6.54 Å². The van der Waals surface area contributed by atoms with Gasteiger partial charge >= 0.3 is 0 Å². The fraction of sp³-hybridized carbons (Fsp3) is 0.300. The minimum atomic E-state index is -0.277. The maximum atomic E-state index is 13.0. The largest absolute Gasteiger partial charge is 0.488 e. The van der Waals surface area contributed by atoms with Crippen LogP contribution in [0.1, 0.15) is 11.1 Å². The summed E-state index contributed by atoms with van der Waals surface area (Å²) in [6.45, 7) is 3.73. The van der Waals surface area contributed by atoms with Crippen LogP contribution in [0.3, 0.4) is 0 Å². The van der Waals surface area contributed by atoms with E-state index in [0.717, 1.165) is 24.2 Å². The van der Waals surface area contributed by atoms with Crippen molar-refractivity contribution in [2.24, 2.45) is 5.10 Å². The predicted octanol–water partition coefficient (Wildman–Crippen LogP) is 0.770. The van der Waals surface area contributed by atoms with Gasteiger partial charge in [-0.2, -0.15) is 5.10 Å². The molecule has 27 heavy (non-hydrogen) atoms. The first-order valence-corrected chi connectivity index (χ1v) is 8.90. The summed E-state index contributed by atoms with van der Waals surface area (Å²) in [6.07, 6.45) is 1.56. The Bertz CT molecular complexity index is 774. The van der Waals surface area contributed by atoms with Crippen molar-refractivity contribution >= 4 is 12.1 Å². The Morgan fingerprint density at radius 1 is 1.19 bits per heavy atom. The molecule has 1 saturated heterocycles. The quantitative estimate of drug-likeness (QED) is 0.557. The van der Waals surface area contributed by atoms with Gasteiger partial charge in [-0.05, 0) is 29.8 Å². The van der Waals surface area contributed by atoms with Crippen LogP contribution in [0.15, 0.2) is 53.6 Å². The third-order valence-corrected chi connectivity index (χ3v) is 4.23. The normalized spacial score (nSPS) is 15.0. The molecule has 3 rings (SSSR count). The summed E-state index contributed by atoms with van der Waals surface area (Å²) >= 11 is 0. The SMILES string of the molecule is O=C(C[NH+]1CCOCC1)N/N=C\c1ccccc1OCc1ccc(F)cc1. The van der Waals surface area contributed by atoms with Crippen LogP contribution in [0, 0.1) is 5.82 Å². The van der Waals surface area contributed by atoms with Crippen molar-refractivity contribution < 1.29 is 23.6 Å². The van der Waals surface area contributed by atoms with E-state index in [9.17, 15) is 9.18 Å². The number of hydrazone groups is 1. The van der Waals surface area contributed by atoms with Crippen LogP contribution in [0.2, 0.25) is 0 Å². The van der Waals surface area contributed by atoms with Crippen molar-refractivity contribution in [2.45, 2.75) is 6.61 Å². The number of nitrogens with zero attached hydrogens (tertiary/aromatic N) is 1. The maximum absolute atomic E-state index is 13.0. The number of rotatable bonds is 7. The maximum Gasteiger partial charge on any atom is 0.295 e. The van der Waals surface area contributed by atoms with E-state index in [-0.39, 0.29) is 11.7 Å². The summed E-state index contributed by atoms with van der Waals surface area (Å²) in [6, 6.07) is 13.6. The monoisotopic (exact) mass is 372 g/mol. The number of benzene rings is 2. The molecular weight excluding hydrogens is 349 g/mol. The van der Waals surface area contributed by atoms with Gasteiger partial charge < -0.3 is 14.4 Å². The molecule has 0 unspecified atom stereocenters. The highest BCUT2D eigenvalue weighted by molar-refractivity contribution is 5.85. The Hall–Kier alpha value is -2.77. The number of amides is 1. The molecule has 0 spiro atoms. The molecule has 0 radical (unpaired) electrons. The lowest BCUT2D eigenvalue weighted by Gasteiger charge is -2.22. The second kappa shape index (κ2) is 9.80. The number of para-hydroxylation sites is 1. The van der Waals surface area contributed by atoms with Gasteiger partial charge in [0, 0.05) is 5.56 Å². The summed E-state index contributed by atoms with van der Waals surface area (Å²) in [5.41, 5.74) is 4.17. The van der Waals surface area contributed by atoms with Gasteiger partial charge in [-0.3, -0.25) is 4.79 Å². The van der Waals surface area contributed by atoms with Crippen molar-refractivity contribution in [3.63, 3.8) is 0 Å². The number of carbonyl (C=O) groups is 1. The van der Waals surface area contributed by atoms with Gasteiger partial charge in [0.1, 0.15) is 31.3 Å². The highest BCUT2D eigenvalue weighted by Gasteiger charge is 2.17. The first-order valence-electron chi connectivity index (χ1n) is 8.90. The fourth-order valence-electron chi connectivity index (χ4n) is 2.74. The van der Waals surface area contributed by atoms with Gasteiger partial charge in [0.25, 0.3) is 5.91 Å². The van der Waals surface area contributed by atoms with Gasteiger partial charge in [0.05, 0.1) is 19.4 Å². The Morgan fingerprint density at radius 2 is 1.93 bits per heavy atom. The summed E-state index contributed by atoms with van der Waals surface area (Å²) < 4.78 is 24.0. The molecule has 2 aromatic carbocycles. The zero-order valence-electron chi connectivity index (χ0n) is 15.0. The average Bonchev–Trinajstić information content (AvgIpc) is 2.69. The zero-order chi connectivity index (χ0) is 18.9. The van der Waals surface area contributed by atoms with E-state index >= 15 is 0 Å². The van der Waals surface area contributed by atoms with Crippen LogP contribution in [0.4, 0.5) is 4.39 Å². The lowest BCUT2D eigenvalue weighted by atomic mass is 10.2. The fourth-order valence-corrected chi connectivity index (χ4v) is 2.74. The summed E-state index contributed by atoms with van der Waals surface area (Å²) in [4.78, 5) is 13.2. The van der Waals surface area contributed by atoms with Gasteiger partial charge in [-0.1, -0.05) is 24.3 Å². The molecule has 1 heterocycles. The molecule has 7 heteroatoms. The highest BCUT2D eigenvalue weighted by Crippen LogP contribution is 2.17. The average molecular weight is 372 g/mol. The van der Waals surface area contributed by atoms with Crippen molar-refractivity contribution in [1.29, 1.82) is 0 Å². The predicted molar refractivity (Wildman–Crippen MR) is 99.3 cm³/mol. The molecule has 1 fully saturated rings. The number of nitrogens with one attached hydrogen (secondary N) is 2. The number of morpholine rings is 1. The summed E-state index contributed by atoms with van der Waals surface area (Å²) in [5.74, 6) is 0.229. The number of hydrogen-bond donors (Lipinski definition) is 2. The molecule has 1 amide bonds. The van der Waals surface area contributed by atoms with E-state index in [1.807, 2.05) is 24.3 Å². The molecule has 0 atom stereocenters. The standard InChI is InChI=1S/C20H22FN3O3/c21-18-7-5-16(6-8-18)15-27-19-4-2-1-3-17(19)13-22-23-20(25)14-24-9-11-26-12-10-24/h1-8,13H,9-12,14-15H2,(H,23,25)/p+1/b22-13-. The molecule has 0 saturated carbocycles. The number of halogens is 1. The summed E-state index contributed by atoms with van der Waals surface area (Å²) in [7, 11) is 0. The van der Waals surface area contributed by atoms with E-state index < -0.39 is 0 Å². The van der Waals surface area contributed by atoms with Gasteiger partial charge in [0.2, 0.25) is 0 Å². The van der Waals surface area contributed by atoms with E-state index in [0.29, 0.717) is 32.1 Å². The Balaban J connectivity index is 1.52. The first kappa shape index (κ1) is 19.0. The Kier molecular flexibility index (Phi) is 6.90. The minimum Gasteiger partial charge on any atom is -0.488 e. The molecule has 2 aromatic rings. The lowest BCUT2D eigenvalue weighted by molar-refractivity contribution is -0.900. The number of quaternary nitrogens is 1. The van der Waals surface area contributed by atoms with Crippen molar-refractivity contribution in [1.82, 2.24) is 5.43 Å². The van der Waals surface area contributed by atoms with Crippen LogP contribution >= 0.6 is 0 Å². The van der Waals surface area contributed by atoms with Crippen molar-refractivity contribution in [3.05, 3.63) is 65.5 Å².